The van der Waals surface area contributed by atoms with Crippen LogP contribution in [-0.2, 0) is 14.4 Å². The number of carbonyl (C=O) groups excluding carboxylic acids is 3. The molecule has 0 fully saturated rings. The lowest BCUT2D eigenvalue weighted by Gasteiger charge is -2.12. The Morgan fingerprint density at radius 3 is 2.22 bits per heavy atom. The monoisotopic (exact) mass is 490 g/mol. The van der Waals surface area contributed by atoms with Crippen LogP contribution in [0.4, 0.5) is 11.4 Å². The van der Waals surface area contributed by atoms with Crippen LogP contribution in [0.3, 0.4) is 0 Å². The lowest BCUT2D eigenvalue weighted by Crippen LogP contribution is -2.32. The van der Waals surface area contributed by atoms with Crippen molar-refractivity contribution in [2.24, 2.45) is 5.10 Å². The van der Waals surface area contributed by atoms with Crippen LogP contribution in [0.25, 0.3) is 0 Å². The van der Waals surface area contributed by atoms with Gasteiger partial charge in [0.1, 0.15) is 5.75 Å². The van der Waals surface area contributed by atoms with Crippen LogP contribution in [0.2, 0.25) is 0 Å². The predicted octanol–water partition coefficient (Wildman–Crippen LogP) is 3.12. The molecule has 0 aliphatic carbocycles. The van der Waals surface area contributed by atoms with Gasteiger partial charge in [0.15, 0.2) is 18.1 Å². The molecule has 0 radical (unpaired) electrons. The molecule has 3 rings (SSSR count). The molecule has 0 unspecified atom stereocenters. The summed E-state index contributed by atoms with van der Waals surface area (Å²) in [4.78, 5) is 36.4. The number of ether oxygens (including phenoxy) is 3. The van der Waals surface area contributed by atoms with Crippen molar-refractivity contribution in [2.45, 2.75) is 6.92 Å². The molecular formula is C26H26N4O6. The van der Waals surface area contributed by atoms with Crippen molar-refractivity contribution in [3.8, 4) is 17.2 Å². The van der Waals surface area contributed by atoms with E-state index in [9.17, 15) is 14.4 Å². The number of rotatable bonds is 9. The zero-order valence-corrected chi connectivity index (χ0v) is 20.0. The van der Waals surface area contributed by atoms with Crippen LogP contribution in [0.1, 0.15) is 11.1 Å². The number of hydrazone groups is 1. The van der Waals surface area contributed by atoms with Gasteiger partial charge in [-0.05, 0) is 54.4 Å². The highest BCUT2D eigenvalue weighted by molar-refractivity contribution is 6.39. The summed E-state index contributed by atoms with van der Waals surface area (Å²) in [7, 11) is 2.92. The summed E-state index contributed by atoms with van der Waals surface area (Å²) in [5.74, 6) is -1.03. The number of methoxy groups -OCH3 is 2. The van der Waals surface area contributed by atoms with Gasteiger partial charge >= 0.3 is 11.8 Å². The molecule has 10 nitrogen and oxygen atoms in total. The Morgan fingerprint density at radius 2 is 1.50 bits per heavy atom. The fourth-order valence-corrected chi connectivity index (χ4v) is 3.07. The molecule has 0 saturated carbocycles. The van der Waals surface area contributed by atoms with Gasteiger partial charge in [-0.15, -0.1) is 0 Å². The maximum atomic E-state index is 12.2. The Hall–Kier alpha value is -4.86. The van der Waals surface area contributed by atoms with Gasteiger partial charge in [0.05, 0.1) is 26.1 Å². The van der Waals surface area contributed by atoms with Crippen LogP contribution in [-0.4, -0.2) is 44.8 Å². The van der Waals surface area contributed by atoms with E-state index in [2.05, 4.69) is 21.2 Å². The zero-order valence-electron chi connectivity index (χ0n) is 20.0. The minimum absolute atomic E-state index is 0.213. The smallest absolute Gasteiger partial charge is 0.329 e. The van der Waals surface area contributed by atoms with Crippen molar-refractivity contribution >= 4 is 35.3 Å². The summed E-state index contributed by atoms with van der Waals surface area (Å²) in [5.41, 5.74) is 4.74. The summed E-state index contributed by atoms with van der Waals surface area (Å²) >= 11 is 0. The molecule has 0 saturated heterocycles. The largest absolute Gasteiger partial charge is 0.495 e. The first-order valence-corrected chi connectivity index (χ1v) is 10.8. The summed E-state index contributed by atoms with van der Waals surface area (Å²) in [5, 5.41) is 9.05. The minimum atomic E-state index is -0.955. The number of hydrogen-bond donors (Lipinski definition) is 3. The average molecular weight is 491 g/mol. The average Bonchev–Trinajstić information content (AvgIpc) is 2.89. The van der Waals surface area contributed by atoms with E-state index >= 15 is 0 Å². The number of aryl methyl sites for hydroxylation is 1. The topological polar surface area (TPSA) is 127 Å². The molecule has 0 atom stereocenters. The Bertz CT molecular complexity index is 1270. The lowest BCUT2D eigenvalue weighted by atomic mass is 10.2. The highest BCUT2D eigenvalue weighted by Gasteiger charge is 2.15. The molecule has 0 aliphatic heterocycles. The Balaban J connectivity index is 1.54. The van der Waals surface area contributed by atoms with E-state index in [4.69, 9.17) is 14.2 Å². The molecule has 186 valence electrons. The van der Waals surface area contributed by atoms with E-state index in [1.165, 1.54) is 20.4 Å². The van der Waals surface area contributed by atoms with E-state index in [1.54, 1.807) is 42.5 Å². The SMILES string of the molecule is COc1ccccc1NC(=O)C(=O)N/N=C\c1ccc(OCC(=O)Nc2ccccc2C)c(OC)c1. The molecule has 0 aliphatic rings. The van der Waals surface area contributed by atoms with Crippen LogP contribution >= 0.6 is 0 Å². The van der Waals surface area contributed by atoms with Crippen LogP contribution in [0.15, 0.2) is 71.8 Å². The molecule has 36 heavy (non-hydrogen) atoms. The molecule has 0 aromatic heterocycles. The number of benzene rings is 3. The van der Waals surface area contributed by atoms with Gasteiger partial charge in [0.2, 0.25) is 0 Å². The number of anilines is 2. The second-order valence-corrected chi connectivity index (χ2v) is 7.42. The fourth-order valence-electron chi connectivity index (χ4n) is 3.07. The molecule has 3 aromatic carbocycles. The van der Waals surface area contributed by atoms with E-state index in [-0.39, 0.29) is 12.5 Å². The highest BCUT2D eigenvalue weighted by Crippen LogP contribution is 2.27. The highest BCUT2D eigenvalue weighted by atomic mass is 16.5. The lowest BCUT2D eigenvalue weighted by molar-refractivity contribution is -0.136. The van der Waals surface area contributed by atoms with E-state index in [0.29, 0.717) is 34.2 Å². The summed E-state index contributed by atoms with van der Waals surface area (Å²) in [6.45, 7) is 1.69. The maximum absolute atomic E-state index is 12.2. The first kappa shape index (κ1) is 25.8. The number of nitrogens with one attached hydrogen (secondary N) is 3. The van der Waals surface area contributed by atoms with Crippen LogP contribution < -0.4 is 30.3 Å². The first-order chi connectivity index (χ1) is 17.4. The van der Waals surface area contributed by atoms with Crippen molar-refractivity contribution in [1.82, 2.24) is 5.43 Å². The molecule has 3 N–H and O–H groups in total. The van der Waals surface area contributed by atoms with Crippen LogP contribution in [0, 0.1) is 6.92 Å². The Labute approximate surface area is 208 Å². The van der Waals surface area contributed by atoms with Gasteiger partial charge in [-0.3, -0.25) is 14.4 Å². The third-order valence-electron chi connectivity index (χ3n) is 4.91. The van der Waals surface area contributed by atoms with E-state index in [0.717, 1.165) is 5.56 Å². The number of nitrogens with zero attached hydrogens (tertiary/aromatic N) is 1. The number of hydrogen-bond acceptors (Lipinski definition) is 7. The Morgan fingerprint density at radius 1 is 0.806 bits per heavy atom. The normalized spacial score (nSPS) is 10.4. The minimum Gasteiger partial charge on any atom is -0.495 e. The van der Waals surface area contributed by atoms with Crippen molar-refractivity contribution in [3.63, 3.8) is 0 Å². The molecule has 10 heteroatoms. The van der Waals surface area contributed by atoms with Crippen molar-refractivity contribution < 1.29 is 28.6 Å². The second kappa shape index (κ2) is 12.6. The maximum Gasteiger partial charge on any atom is 0.329 e. The van der Waals surface area contributed by atoms with E-state index in [1.807, 2.05) is 31.2 Å². The summed E-state index contributed by atoms with van der Waals surface area (Å²) < 4.78 is 16.1. The fraction of sp³-hybridized carbons (Fsp3) is 0.154. The third-order valence-corrected chi connectivity index (χ3v) is 4.91. The molecule has 0 bridgehead atoms. The molecule has 0 spiro atoms. The van der Waals surface area contributed by atoms with Crippen molar-refractivity contribution in [1.29, 1.82) is 0 Å². The van der Waals surface area contributed by atoms with Crippen molar-refractivity contribution in [3.05, 3.63) is 77.9 Å². The quantitative estimate of drug-likeness (QED) is 0.240. The number of para-hydroxylation sites is 3. The molecule has 3 aromatic rings. The van der Waals surface area contributed by atoms with Gasteiger partial charge in [-0.1, -0.05) is 30.3 Å². The van der Waals surface area contributed by atoms with Gasteiger partial charge in [0.25, 0.3) is 5.91 Å². The van der Waals surface area contributed by atoms with E-state index < -0.39 is 11.8 Å². The summed E-state index contributed by atoms with van der Waals surface area (Å²) in [6.07, 6.45) is 1.34. The molecule has 0 heterocycles. The van der Waals surface area contributed by atoms with Gasteiger partial charge in [0, 0.05) is 5.69 Å². The predicted molar refractivity (Wildman–Crippen MR) is 136 cm³/mol. The molecular weight excluding hydrogens is 464 g/mol. The van der Waals surface area contributed by atoms with Gasteiger partial charge < -0.3 is 24.8 Å². The number of amides is 3. The van der Waals surface area contributed by atoms with Crippen molar-refractivity contribution in [2.75, 3.05) is 31.5 Å². The first-order valence-electron chi connectivity index (χ1n) is 10.8. The number of carbonyl (C=O) groups is 3. The third kappa shape index (κ3) is 7.07. The molecule has 3 amide bonds. The summed E-state index contributed by atoms with van der Waals surface area (Å²) in [6, 6.07) is 19.0. The zero-order chi connectivity index (χ0) is 25.9. The standard InChI is InChI=1S/C26H26N4O6/c1-17-8-4-5-9-19(17)28-24(31)16-36-22-13-12-18(14-23(22)35-3)15-27-30-26(33)25(32)29-20-10-6-7-11-21(20)34-2/h4-15H,16H2,1-3H3,(H,28,31)(H,29,32)(H,30,33)/b27-15-. The second-order valence-electron chi connectivity index (χ2n) is 7.42. The van der Waals surface area contributed by atoms with Gasteiger partial charge in [-0.25, -0.2) is 5.43 Å². The Kier molecular flexibility index (Phi) is 8.99. The van der Waals surface area contributed by atoms with Gasteiger partial charge in [-0.2, -0.15) is 5.10 Å². The van der Waals surface area contributed by atoms with Crippen LogP contribution in [0.5, 0.6) is 17.2 Å².